The molecule has 0 radical (unpaired) electrons. The van der Waals surface area contributed by atoms with Crippen LogP contribution in [-0.4, -0.2) is 12.2 Å². The number of benzene rings is 2. The Morgan fingerprint density at radius 3 is 2.20 bits per heavy atom. The lowest BCUT2D eigenvalue weighted by atomic mass is 10.3. The van der Waals surface area contributed by atoms with Gasteiger partial charge in [0.1, 0.15) is 11.6 Å². The number of rotatable bonds is 4. The molecule has 0 saturated carbocycles. The maximum absolute atomic E-state index is 12.7. The van der Waals surface area contributed by atoms with Gasteiger partial charge in [0.2, 0.25) is 0 Å². The number of hydrogen-bond donors (Lipinski definition) is 3. The van der Waals surface area contributed by atoms with Crippen LogP contribution >= 0.6 is 12.2 Å². The first-order valence-corrected chi connectivity index (χ1v) is 6.31. The van der Waals surface area contributed by atoms with Crippen molar-refractivity contribution in [2.45, 2.75) is 0 Å². The summed E-state index contributed by atoms with van der Waals surface area (Å²) in [4.78, 5) is 0. The smallest absolute Gasteiger partial charge is 0.189 e. The molecule has 0 aliphatic rings. The van der Waals surface area contributed by atoms with Gasteiger partial charge in [-0.15, -0.1) is 0 Å². The van der Waals surface area contributed by atoms with Crippen LogP contribution in [0.5, 0.6) is 5.75 Å². The predicted molar refractivity (Wildman–Crippen MR) is 82.4 cm³/mol. The van der Waals surface area contributed by atoms with Gasteiger partial charge in [0.15, 0.2) is 5.11 Å². The van der Waals surface area contributed by atoms with Crippen molar-refractivity contribution >= 4 is 28.7 Å². The second-order valence-electron chi connectivity index (χ2n) is 3.94. The Labute approximate surface area is 121 Å². The van der Waals surface area contributed by atoms with E-state index in [2.05, 4.69) is 16.2 Å². The van der Waals surface area contributed by atoms with Crippen LogP contribution in [0, 0.1) is 5.82 Å². The van der Waals surface area contributed by atoms with E-state index in [0.717, 1.165) is 11.4 Å². The summed E-state index contributed by atoms with van der Waals surface area (Å²) in [5.74, 6) is 0.494. The molecule has 0 atom stereocenters. The zero-order valence-corrected chi connectivity index (χ0v) is 11.6. The van der Waals surface area contributed by atoms with E-state index >= 15 is 0 Å². The first-order valence-electron chi connectivity index (χ1n) is 5.90. The summed E-state index contributed by atoms with van der Waals surface area (Å²) >= 11 is 5.13. The number of hydrazine groups is 1. The summed E-state index contributed by atoms with van der Waals surface area (Å²) in [7, 11) is 1.61. The molecule has 4 nitrogen and oxygen atoms in total. The quantitative estimate of drug-likeness (QED) is 0.596. The normalized spacial score (nSPS) is 9.70. The van der Waals surface area contributed by atoms with Gasteiger partial charge in [-0.25, -0.2) is 4.39 Å². The van der Waals surface area contributed by atoms with Crippen molar-refractivity contribution in [3.63, 3.8) is 0 Å². The van der Waals surface area contributed by atoms with Crippen LogP contribution in [0.2, 0.25) is 0 Å². The lowest BCUT2D eigenvalue weighted by Crippen LogP contribution is -2.33. The minimum atomic E-state index is -0.283. The first-order chi connectivity index (χ1) is 9.67. The molecular weight excluding hydrogens is 277 g/mol. The molecular formula is C14H14FN3OS. The summed E-state index contributed by atoms with van der Waals surface area (Å²) in [6.45, 7) is 0. The van der Waals surface area contributed by atoms with E-state index in [0.29, 0.717) is 10.8 Å². The standard InChI is InChI=1S/C14H14FN3OS/c1-19-13-8-6-11(7-9-13)16-14(20)18-17-12-4-2-10(15)3-5-12/h2-9,17H,1H3,(H2,16,18,20). The Kier molecular flexibility index (Phi) is 4.73. The van der Waals surface area contributed by atoms with Crippen molar-refractivity contribution in [3.05, 3.63) is 54.3 Å². The van der Waals surface area contributed by atoms with E-state index in [9.17, 15) is 4.39 Å². The summed E-state index contributed by atoms with van der Waals surface area (Å²) in [6, 6.07) is 13.3. The maximum Gasteiger partial charge on any atom is 0.189 e. The molecule has 2 rings (SSSR count). The van der Waals surface area contributed by atoms with Gasteiger partial charge in [0, 0.05) is 5.69 Å². The Morgan fingerprint density at radius 1 is 1.00 bits per heavy atom. The predicted octanol–water partition coefficient (Wildman–Crippen LogP) is 3.15. The third kappa shape index (κ3) is 4.10. The highest BCUT2D eigenvalue weighted by atomic mass is 32.1. The van der Waals surface area contributed by atoms with Crippen LogP contribution in [0.15, 0.2) is 48.5 Å². The fourth-order valence-corrected chi connectivity index (χ4v) is 1.67. The molecule has 2 aromatic carbocycles. The average molecular weight is 291 g/mol. The molecule has 2 aromatic rings. The number of hydrogen-bond acceptors (Lipinski definition) is 3. The number of thiocarbonyl (C=S) groups is 1. The summed E-state index contributed by atoms with van der Waals surface area (Å²) in [6.07, 6.45) is 0. The van der Waals surface area contributed by atoms with Crippen LogP contribution < -0.4 is 20.9 Å². The third-order valence-electron chi connectivity index (χ3n) is 2.51. The minimum absolute atomic E-state index is 0.283. The minimum Gasteiger partial charge on any atom is -0.497 e. The van der Waals surface area contributed by atoms with Gasteiger partial charge in [0.25, 0.3) is 0 Å². The highest BCUT2D eigenvalue weighted by Crippen LogP contribution is 2.14. The van der Waals surface area contributed by atoms with Crippen molar-refractivity contribution in [2.75, 3.05) is 17.9 Å². The third-order valence-corrected chi connectivity index (χ3v) is 2.72. The lowest BCUT2D eigenvalue weighted by molar-refractivity contribution is 0.415. The summed E-state index contributed by atoms with van der Waals surface area (Å²) < 4.78 is 17.8. The average Bonchev–Trinajstić information content (AvgIpc) is 2.47. The van der Waals surface area contributed by atoms with Crippen molar-refractivity contribution in [1.82, 2.24) is 5.43 Å². The van der Waals surface area contributed by atoms with Crippen LogP contribution in [0.4, 0.5) is 15.8 Å². The number of nitrogens with one attached hydrogen (secondary N) is 3. The first kappa shape index (κ1) is 14.1. The molecule has 20 heavy (non-hydrogen) atoms. The van der Waals surface area contributed by atoms with Crippen LogP contribution in [0.25, 0.3) is 0 Å². The second-order valence-corrected chi connectivity index (χ2v) is 4.35. The van der Waals surface area contributed by atoms with Gasteiger partial charge in [-0.1, -0.05) is 0 Å². The fourth-order valence-electron chi connectivity index (χ4n) is 1.50. The summed E-state index contributed by atoms with van der Waals surface area (Å²) in [5.41, 5.74) is 7.23. The van der Waals surface area contributed by atoms with Crippen LogP contribution in [0.1, 0.15) is 0 Å². The van der Waals surface area contributed by atoms with E-state index in [1.165, 1.54) is 12.1 Å². The van der Waals surface area contributed by atoms with Gasteiger partial charge in [-0.2, -0.15) is 0 Å². The molecule has 0 aliphatic carbocycles. The van der Waals surface area contributed by atoms with Gasteiger partial charge in [0.05, 0.1) is 12.8 Å². The molecule has 6 heteroatoms. The highest BCUT2D eigenvalue weighted by Gasteiger charge is 1.98. The Hall–Kier alpha value is -2.34. The zero-order valence-electron chi connectivity index (χ0n) is 10.8. The molecule has 3 N–H and O–H groups in total. The lowest BCUT2D eigenvalue weighted by Gasteiger charge is -2.12. The molecule has 0 spiro atoms. The molecule has 0 bridgehead atoms. The van der Waals surface area contributed by atoms with Gasteiger partial charge < -0.3 is 10.1 Å². The Morgan fingerprint density at radius 2 is 1.60 bits per heavy atom. The summed E-state index contributed by atoms with van der Waals surface area (Å²) in [5, 5.41) is 3.41. The SMILES string of the molecule is COc1ccc(NC(=S)NNc2ccc(F)cc2)cc1. The molecule has 0 heterocycles. The molecule has 0 amide bonds. The van der Waals surface area contributed by atoms with Crippen LogP contribution in [0.3, 0.4) is 0 Å². The maximum atomic E-state index is 12.7. The van der Waals surface area contributed by atoms with Gasteiger partial charge in [-0.05, 0) is 60.7 Å². The number of anilines is 2. The molecule has 0 saturated heterocycles. The number of methoxy groups -OCH3 is 1. The molecule has 0 fully saturated rings. The second kappa shape index (κ2) is 6.72. The van der Waals surface area contributed by atoms with Crippen molar-refractivity contribution < 1.29 is 9.13 Å². The van der Waals surface area contributed by atoms with E-state index in [1.807, 2.05) is 24.3 Å². The van der Waals surface area contributed by atoms with E-state index in [-0.39, 0.29) is 5.82 Å². The Balaban J connectivity index is 1.84. The van der Waals surface area contributed by atoms with Crippen molar-refractivity contribution in [3.8, 4) is 5.75 Å². The van der Waals surface area contributed by atoms with E-state index in [4.69, 9.17) is 17.0 Å². The fraction of sp³-hybridized carbons (Fsp3) is 0.0714. The molecule has 0 aliphatic heterocycles. The largest absolute Gasteiger partial charge is 0.497 e. The van der Waals surface area contributed by atoms with E-state index in [1.54, 1.807) is 19.2 Å². The van der Waals surface area contributed by atoms with Gasteiger partial charge >= 0.3 is 0 Å². The highest BCUT2D eigenvalue weighted by molar-refractivity contribution is 7.80. The van der Waals surface area contributed by atoms with Crippen LogP contribution in [-0.2, 0) is 0 Å². The van der Waals surface area contributed by atoms with Crippen molar-refractivity contribution in [1.29, 1.82) is 0 Å². The van der Waals surface area contributed by atoms with E-state index < -0.39 is 0 Å². The number of ether oxygens (including phenoxy) is 1. The van der Waals surface area contributed by atoms with Crippen molar-refractivity contribution in [2.24, 2.45) is 0 Å². The zero-order chi connectivity index (χ0) is 14.4. The van der Waals surface area contributed by atoms with Gasteiger partial charge in [-0.3, -0.25) is 10.9 Å². The number of halogens is 1. The molecule has 0 aromatic heterocycles. The molecule has 0 unspecified atom stereocenters. The monoisotopic (exact) mass is 291 g/mol. The topological polar surface area (TPSA) is 45.3 Å². The molecule has 104 valence electrons. The Bertz CT molecular complexity index is 572.